The summed E-state index contributed by atoms with van der Waals surface area (Å²) in [6, 6.07) is 14.2. The van der Waals surface area contributed by atoms with Gasteiger partial charge in [-0.1, -0.05) is 44.2 Å². The first-order chi connectivity index (χ1) is 17.4. The van der Waals surface area contributed by atoms with Crippen LogP contribution in [-0.4, -0.2) is 60.8 Å². The molecular formula is C26H36N4O6S. The van der Waals surface area contributed by atoms with Gasteiger partial charge in [0, 0.05) is 38.5 Å². The van der Waals surface area contributed by atoms with Gasteiger partial charge >= 0.3 is 0 Å². The van der Waals surface area contributed by atoms with Crippen molar-refractivity contribution >= 4 is 33.4 Å². The topological polar surface area (TPSA) is 159 Å². The van der Waals surface area contributed by atoms with Crippen molar-refractivity contribution < 1.29 is 27.9 Å². The lowest BCUT2D eigenvalue weighted by atomic mass is 10.0. The van der Waals surface area contributed by atoms with Crippen molar-refractivity contribution in [3.8, 4) is 0 Å². The molecule has 11 heteroatoms. The third kappa shape index (κ3) is 9.95. The molecule has 0 bridgehead atoms. The molecule has 2 atom stereocenters. The predicted octanol–water partition coefficient (Wildman–Crippen LogP) is 1.65. The van der Waals surface area contributed by atoms with Crippen molar-refractivity contribution in [2.75, 3.05) is 18.4 Å². The molecule has 2 aromatic rings. The summed E-state index contributed by atoms with van der Waals surface area (Å²) in [6.45, 7) is 4.96. The van der Waals surface area contributed by atoms with Gasteiger partial charge < -0.3 is 21.5 Å². The van der Waals surface area contributed by atoms with Crippen LogP contribution in [0.4, 0.5) is 5.69 Å². The summed E-state index contributed by atoms with van der Waals surface area (Å²) in [4.78, 5) is 34.8. The maximum Gasteiger partial charge on any atom is 0.243 e. The number of hydrogen-bond acceptors (Lipinski definition) is 6. The molecule has 202 valence electrons. The number of carbonyl (C=O) groups excluding carboxylic acids is 3. The summed E-state index contributed by atoms with van der Waals surface area (Å²) in [7, 11) is -4.01. The number of carbonyl (C=O) groups is 3. The molecule has 0 spiro atoms. The van der Waals surface area contributed by atoms with Gasteiger partial charge in [-0.15, -0.1) is 0 Å². The molecule has 2 aromatic carbocycles. The number of nitrogens with two attached hydrogens (primary N) is 1. The second-order valence-corrected chi connectivity index (χ2v) is 11.3. The van der Waals surface area contributed by atoms with Gasteiger partial charge in [0.1, 0.15) is 0 Å². The minimum atomic E-state index is -4.01. The number of hydrogen-bond donors (Lipinski definition) is 4. The quantitative estimate of drug-likeness (QED) is 0.289. The Morgan fingerprint density at radius 1 is 0.973 bits per heavy atom. The van der Waals surface area contributed by atoms with Gasteiger partial charge in [-0.2, -0.15) is 4.31 Å². The van der Waals surface area contributed by atoms with Crippen molar-refractivity contribution in [3.63, 3.8) is 0 Å². The lowest BCUT2D eigenvalue weighted by molar-refractivity contribution is -0.126. The van der Waals surface area contributed by atoms with Crippen LogP contribution in [0.2, 0.25) is 0 Å². The maximum absolute atomic E-state index is 13.5. The summed E-state index contributed by atoms with van der Waals surface area (Å²) in [5.41, 5.74) is 6.44. The van der Waals surface area contributed by atoms with E-state index >= 15 is 0 Å². The minimum Gasteiger partial charge on any atom is -0.390 e. The number of rotatable bonds is 14. The first kappa shape index (κ1) is 29.9. The molecule has 0 aliphatic carbocycles. The number of aliphatic hydroxyl groups is 1. The van der Waals surface area contributed by atoms with Crippen molar-refractivity contribution in [1.29, 1.82) is 0 Å². The van der Waals surface area contributed by atoms with Crippen LogP contribution in [0.15, 0.2) is 59.5 Å². The van der Waals surface area contributed by atoms with Crippen molar-refractivity contribution in [3.05, 3.63) is 60.2 Å². The van der Waals surface area contributed by atoms with Gasteiger partial charge in [0.2, 0.25) is 27.7 Å². The second kappa shape index (κ2) is 13.9. The lowest BCUT2D eigenvalue weighted by Crippen LogP contribution is -2.51. The number of benzene rings is 2. The van der Waals surface area contributed by atoms with E-state index < -0.39 is 34.0 Å². The minimum absolute atomic E-state index is 0.0135. The number of primary amides is 1. The van der Waals surface area contributed by atoms with Crippen LogP contribution in [0.25, 0.3) is 0 Å². The zero-order chi connectivity index (χ0) is 27.6. The second-order valence-electron chi connectivity index (χ2n) is 9.32. The highest BCUT2D eigenvalue weighted by Gasteiger charge is 2.31. The monoisotopic (exact) mass is 532 g/mol. The van der Waals surface area contributed by atoms with Gasteiger partial charge in [-0.25, -0.2) is 8.42 Å². The van der Waals surface area contributed by atoms with Crippen LogP contribution in [0.3, 0.4) is 0 Å². The van der Waals surface area contributed by atoms with Crippen LogP contribution in [0, 0.1) is 5.92 Å². The van der Waals surface area contributed by atoms with Crippen LogP contribution >= 0.6 is 0 Å². The molecule has 0 unspecified atom stereocenters. The van der Waals surface area contributed by atoms with E-state index in [0.29, 0.717) is 5.69 Å². The van der Waals surface area contributed by atoms with Gasteiger partial charge in [-0.05, 0) is 42.2 Å². The highest BCUT2D eigenvalue weighted by atomic mass is 32.2. The first-order valence-corrected chi connectivity index (χ1v) is 13.5. The molecule has 3 amide bonds. The highest BCUT2D eigenvalue weighted by Crippen LogP contribution is 2.21. The smallest absolute Gasteiger partial charge is 0.243 e. The molecule has 0 radical (unpaired) electrons. The third-order valence-electron chi connectivity index (χ3n) is 5.48. The van der Waals surface area contributed by atoms with Crippen LogP contribution in [0.5, 0.6) is 0 Å². The van der Waals surface area contributed by atoms with Crippen molar-refractivity contribution in [2.24, 2.45) is 11.7 Å². The molecule has 0 aliphatic rings. The zero-order valence-electron chi connectivity index (χ0n) is 21.4. The zero-order valence-corrected chi connectivity index (χ0v) is 22.2. The molecule has 5 N–H and O–H groups in total. The average molecular weight is 533 g/mol. The first-order valence-electron chi connectivity index (χ1n) is 12.1. The predicted molar refractivity (Wildman–Crippen MR) is 141 cm³/mol. The third-order valence-corrected chi connectivity index (χ3v) is 7.33. The molecule has 0 heterocycles. The van der Waals surface area contributed by atoms with E-state index in [4.69, 9.17) is 5.73 Å². The van der Waals surface area contributed by atoms with E-state index in [1.54, 1.807) is 0 Å². The fraction of sp³-hybridized carbons (Fsp3) is 0.423. The van der Waals surface area contributed by atoms with E-state index in [-0.39, 0.29) is 49.1 Å². The largest absolute Gasteiger partial charge is 0.390 e. The summed E-state index contributed by atoms with van der Waals surface area (Å²) in [6.07, 6.45) is -1.26. The summed E-state index contributed by atoms with van der Waals surface area (Å²) >= 11 is 0. The Hall–Kier alpha value is -3.28. The van der Waals surface area contributed by atoms with E-state index in [1.165, 1.54) is 35.5 Å². The standard InChI is InChI=1S/C26H36N4O6S/c1-18(2)16-30(37(35,36)22-11-9-21(10-12-22)28-19(3)31)17-24(32)23(15-20-7-5-4-6-8-20)29-26(34)14-13-25(27)33/h4-12,18,23-24,32H,13-17H2,1-3H3,(H2,27,33)(H,28,31)(H,29,34)/t23-,24+/m0/s1. The summed E-state index contributed by atoms with van der Waals surface area (Å²) in [5, 5.41) is 16.5. The molecule has 0 saturated carbocycles. The number of sulfonamides is 1. The molecule has 37 heavy (non-hydrogen) atoms. The normalized spacial score (nSPS) is 13.2. The number of aliphatic hydroxyl groups excluding tert-OH is 1. The molecular weight excluding hydrogens is 496 g/mol. The Kier molecular flexibility index (Phi) is 11.2. The van der Waals surface area contributed by atoms with E-state index in [9.17, 15) is 27.9 Å². The Morgan fingerprint density at radius 3 is 2.14 bits per heavy atom. The van der Waals surface area contributed by atoms with E-state index in [0.717, 1.165) is 5.56 Å². The fourth-order valence-electron chi connectivity index (χ4n) is 3.74. The van der Waals surface area contributed by atoms with Crippen LogP contribution < -0.4 is 16.4 Å². The number of nitrogens with one attached hydrogen (secondary N) is 2. The molecule has 10 nitrogen and oxygen atoms in total. The van der Waals surface area contributed by atoms with Crippen molar-refractivity contribution in [2.45, 2.75) is 57.1 Å². The van der Waals surface area contributed by atoms with Crippen molar-refractivity contribution in [1.82, 2.24) is 9.62 Å². The fourth-order valence-corrected chi connectivity index (χ4v) is 5.37. The Balaban J connectivity index is 2.29. The van der Waals surface area contributed by atoms with E-state index in [2.05, 4.69) is 10.6 Å². The number of amides is 3. The summed E-state index contributed by atoms with van der Waals surface area (Å²) in [5.74, 6) is -1.40. The van der Waals surface area contributed by atoms with E-state index in [1.807, 2.05) is 44.2 Å². The lowest BCUT2D eigenvalue weighted by Gasteiger charge is -2.30. The SMILES string of the molecule is CC(=O)Nc1ccc(S(=O)(=O)N(CC(C)C)C[C@@H](O)[C@H](Cc2ccccc2)NC(=O)CCC(N)=O)cc1. The Morgan fingerprint density at radius 2 is 1.59 bits per heavy atom. The summed E-state index contributed by atoms with van der Waals surface area (Å²) < 4.78 is 28.2. The van der Waals surface area contributed by atoms with Gasteiger partial charge in [0.05, 0.1) is 17.0 Å². The average Bonchev–Trinajstić information content (AvgIpc) is 2.82. The maximum atomic E-state index is 13.5. The van der Waals surface area contributed by atoms with Gasteiger partial charge in [0.15, 0.2) is 0 Å². The van der Waals surface area contributed by atoms with Gasteiger partial charge in [0.25, 0.3) is 0 Å². The number of nitrogens with zero attached hydrogens (tertiary/aromatic N) is 1. The molecule has 2 rings (SSSR count). The van der Waals surface area contributed by atoms with Gasteiger partial charge in [-0.3, -0.25) is 14.4 Å². The molecule has 0 aromatic heterocycles. The highest BCUT2D eigenvalue weighted by molar-refractivity contribution is 7.89. The van der Waals surface area contributed by atoms with Crippen LogP contribution in [0.1, 0.15) is 39.2 Å². The molecule has 0 saturated heterocycles. The Labute approximate surface area is 218 Å². The van der Waals surface area contributed by atoms with Crippen LogP contribution in [-0.2, 0) is 30.8 Å². The number of anilines is 1. The molecule has 0 fully saturated rings. The molecule has 0 aliphatic heterocycles. The Bertz CT molecular complexity index is 1150.